The maximum Gasteiger partial charge on any atom is 0.326 e. The number of nitrogens with zero attached hydrogens (tertiary/aromatic N) is 2. The second kappa shape index (κ2) is 6.57. The quantitative estimate of drug-likeness (QED) is 0.767. The van der Waals surface area contributed by atoms with Gasteiger partial charge in [0.25, 0.3) is 5.56 Å². The molecule has 0 aliphatic carbocycles. The molecule has 0 aliphatic rings. The molecule has 3 aromatic rings. The molecule has 124 valence electrons. The van der Waals surface area contributed by atoms with Crippen LogP contribution in [0.1, 0.15) is 32.1 Å². The number of carbonyl (C=O) groups is 1. The van der Waals surface area contributed by atoms with Crippen LogP contribution in [-0.4, -0.2) is 20.6 Å². The average molecular weight is 342 g/mol. The minimum atomic E-state index is -1.01. The first-order valence-corrected chi connectivity index (χ1v) is 8.77. The smallest absolute Gasteiger partial charge is 0.326 e. The predicted molar refractivity (Wildman–Crippen MR) is 95.7 cm³/mol. The molecule has 0 saturated heterocycles. The highest BCUT2D eigenvalue weighted by atomic mass is 32.1. The molecule has 0 aliphatic heterocycles. The number of carboxylic acids is 1. The number of hydrogen-bond donors (Lipinski definition) is 1. The lowest BCUT2D eigenvalue weighted by Gasteiger charge is -2.17. The van der Waals surface area contributed by atoms with Gasteiger partial charge in [-0.05, 0) is 12.0 Å². The van der Waals surface area contributed by atoms with Crippen LogP contribution in [-0.2, 0) is 11.2 Å². The van der Waals surface area contributed by atoms with E-state index in [0.29, 0.717) is 28.9 Å². The highest BCUT2D eigenvalue weighted by Crippen LogP contribution is 2.31. The summed E-state index contributed by atoms with van der Waals surface area (Å²) in [7, 11) is 0. The van der Waals surface area contributed by atoms with Crippen LogP contribution in [0, 0.1) is 0 Å². The van der Waals surface area contributed by atoms with Crippen molar-refractivity contribution >= 4 is 27.5 Å². The SMILES string of the molecule is CCc1nc2scc(-c3ccccc3)c2c(=O)n1C(CC)C(=O)O. The molecule has 1 N–H and O–H groups in total. The second-order valence-electron chi connectivity index (χ2n) is 5.51. The Labute approximate surface area is 143 Å². The zero-order chi connectivity index (χ0) is 17.3. The van der Waals surface area contributed by atoms with Crippen LogP contribution in [0.25, 0.3) is 21.3 Å². The second-order valence-corrected chi connectivity index (χ2v) is 6.37. The van der Waals surface area contributed by atoms with Crippen LogP contribution < -0.4 is 5.56 Å². The van der Waals surface area contributed by atoms with E-state index in [-0.39, 0.29) is 5.56 Å². The van der Waals surface area contributed by atoms with Crippen molar-refractivity contribution in [2.24, 2.45) is 0 Å². The van der Waals surface area contributed by atoms with E-state index in [0.717, 1.165) is 11.1 Å². The number of carboxylic acid groups (broad SMARTS) is 1. The Morgan fingerprint density at radius 2 is 2.00 bits per heavy atom. The third-order valence-electron chi connectivity index (χ3n) is 4.10. The summed E-state index contributed by atoms with van der Waals surface area (Å²) in [5.74, 6) is -0.491. The van der Waals surface area contributed by atoms with Crippen molar-refractivity contribution in [3.05, 3.63) is 51.9 Å². The lowest BCUT2D eigenvalue weighted by molar-refractivity contribution is -0.141. The molecule has 0 fully saturated rings. The van der Waals surface area contributed by atoms with Crippen molar-refractivity contribution in [2.75, 3.05) is 0 Å². The number of hydrogen-bond acceptors (Lipinski definition) is 4. The fraction of sp³-hybridized carbons (Fsp3) is 0.278. The summed E-state index contributed by atoms with van der Waals surface area (Å²) in [6.45, 7) is 3.64. The van der Waals surface area contributed by atoms with Crippen LogP contribution in [0.15, 0.2) is 40.5 Å². The van der Waals surface area contributed by atoms with Crippen LogP contribution in [0.4, 0.5) is 0 Å². The van der Waals surface area contributed by atoms with Crippen molar-refractivity contribution in [1.82, 2.24) is 9.55 Å². The monoisotopic (exact) mass is 342 g/mol. The third kappa shape index (κ3) is 2.63. The summed E-state index contributed by atoms with van der Waals surface area (Å²) in [6.07, 6.45) is 0.841. The van der Waals surface area contributed by atoms with Crippen molar-refractivity contribution in [2.45, 2.75) is 32.7 Å². The standard InChI is InChI=1S/C18H18N2O3S/c1-3-13(18(22)23)20-14(4-2)19-16-15(17(20)21)12(10-24-16)11-8-6-5-7-9-11/h5-10,13H,3-4H2,1-2H3,(H,22,23). The van der Waals surface area contributed by atoms with Crippen molar-refractivity contribution < 1.29 is 9.90 Å². The maximum absolute atomic E-state index is 13.1. The van der Waals surface area contributed by atoms with E-state index in [4.69, 9.17) is 0 Å². The largest absolute Gasteiger partial charge is 0.480 e. The van der Waals surface area contributed by atoms with Gasteiger partial charge in [0.15, 0.2) is 0 Å². The van der Waals surface area contributed by atoms with Crippen LogP contribution in [0.2, 0.25) is 0 Å². The summed E-state index contributed by atoms with van der Waals surface area (Å²) in [4.78, 5) is 30.0. The van der Waals surface area contributed by atoms with Crippen molar-refractivity contribution in [3.8, 4) is 11.1 Å². The molecule has 1 unspecified atom stereocenters. The molecule has 3 rings (SSSR count). The molecule has 2 aromatic heterocycles. The first kappa shape index (κ1) is 16.4. The normalized spacial score (nSPS) is 12.4. The molecule has 1 atom stereocenters. The minimum Gasteiger partial charge on any atom is -0.480 e. The molecule has 0 bridgehead atoms. The van der Waals surface area contributed by atoms with Crippen LogP contribution in [0.5, 0.6) is 0 Å². The van der Waals surface area contributed by atoms with Gasteiger partial charge in [-0.1, -0.05) is 44.2 Å². The van der Waals surface area contributed by atoms with Crippen LogP contribution in [0.3, 0.4) is 0 Å². The molecule has 1 aromatic carbocycles. The Hall–Kier alpha value is -2.47. The first-order chi connectivity index (χ1) is 11.6. The van der Waals surface area contributed by atoms with E-state index in [2.05, 4.69) is 4.98 Å². The lowest BCUT2D eigenvalue weighted by atomic mass is 10.1. The van der Waals surface area contributed by atoms with E-state index in [1.54, 1.807) is 6.92 Å². The molecule has 0 spiro atoms. The van der Waals surface area contributed by atoms with Gasteiger partial charge in [0, 0.05) is 17.4 Å². The van der Waals surface area contributed by atoms with Gasteiger partial charge in [0.05, 0.1) is 5.39 Å². The Balaban J connectivity index is 2.35. The highest BCUT2D eigenvalue weighted by Gasteiger charge is 2.25. The number of aliphatic carboxylic acids is 1. The molecule has 6 heteroatoms. The maximum atomic E-state index is 13.1. The molecule has 0 saturated carbocycles. The van der Waals surface area contributed by atoms with E-state index < -0.39 is 12.0 Å². The summed E-state index contributed by atoms with van der Waals surface area (Å²) < 4.78 is 1.35. The zero-order valence-corrected chi connectivity index (χ0v) is 14.3. The van der Waals surface area contributed by atoms with E-state index in [1.165, 1.54) is 15.9 Å². The molecule has 2 heterocycles. The van der Waals surface area contributed by atoms with Crippen LogP contribution >= 0.6 is 11.3 Å². The molecule has 24 heavy (non-hydrogen) atoms. The Morgan fingerprint density at radius 1 is 1.29 bits per heavy atom. The number of aromatic nitrogens is 2. The number of aryl methyl sites for hydroxylation is 1. The van der Waals surface area contributed by atoms with Gasteiger partial charge >= 0.3 is 5.97 Å². The summed E-state index contributed by atoms with van der Waals surface area (Å²) in [6, 6.07) is 8.73. The number of fused-ring (bicyclic) bond motifs is 1. The van der Waals surface area contributed by atoms with Gasteiger partial charge in [0.1, 0.15) is 16.7 Å². The van der Waals surface area contributed by atoms with Gasteiger partial charge in [-0.25, -0.2) is 9.78 Å². The average Bonchev–Trinajstić information content (AvgIpc) is 3.02. The van der Waals surface area contributed by atoms with Crippen molar-refractivity contribution in [1.29, 1.82) is 0 Å². The summed E-state index contributed by atoms with van der Waals surface area (Å²) in [5.41, 5.74) is 1.47. The van der Waals surface area contributed by atoms with Gasteiger partial charge < -0.3 is 5.11 Å². The number of thiophene rings is 1. The zero-order valence-electron chi connectivity index (χ0n) is 13.5. The van der Waals surface area contributed by atoms with E-state index in [1.807, 2.05) is 42.6 Å². The number of rotatable bonds is 5. The highest BCUT2D eigenvalue weighted by molar-refractivity contribution is 7.17. The molecule has 5 nitrogen and oxygen atoms in total. The van der Waals surface area contributed by atoms with Gasteiger partial charge in [-0.2, -0.15) is 0 Å². The Kier molecular flexibility index (Phi) is 4.49. The Morgan fingerprint density at radius 3 is 2.58 bits per heavy atom. The molecular formula is C18H18N2O3S. The molecule has 0 radical (unpaired) electrons. The lowest BCUT2D eigenvalue weighted by Crippen LogP contribution is -2.33. The predicted octanol–water partition coefficient (Wildman–Crippen LogP) is 3.72. The van der Waals surface area contributed by atoms with E-state index >= 15 is 0 Å². The van der Waals surface area contributed by atoms with Gasteiger partial charge in [-0.3, -0.25) is 9.36 Å². The first-order valence-electron chi connectivity index (χ1n) is 7.89. The summed E-state index contributed by atoms with van der Waals surface area (Å²) >= 11 is 1.42. The fourth-order valence-electron chi connectivity index (χ4n) is 2.91. The Bertz CT molecular complexity index is 944. The topological polar surface area (TPSA) is 72.2 Å². The van der Waals surface area contributed by atoms with Gasteiger partial charge in [0.2, 0.25) is 0 Å². The molecule has 0 amide bonds. The van der Waals surface area contributed by atoms with Crippen molar-refractivity contribution in [3.63, 3.8) is 0 Å². The number of benzene rings is 1. The molecular weight excluding hydrogens is 324 g/mol. The fourth-order valence-corrected chi connectivity index (χ4v) is 3.87. The van der Waals surface area contributed by atoms with E-state index in [9.17, 15) is 14.7 Å². The van der Waals surface area contributed by atoms with Gasteiger partial charge in [-0.15, -0.1) is 11.3 Å². The third-order valence-corrected chi connectivity index (χ3v) is 4.97. The minimum absolute atomic E-state index is 0.272. The summed E-state index contributed by atoms with van der Waals surface area (Å²) in [5, 5.41) is 11.9.